The number of aromatic nitrogens is 1. The highest BCUT2D eigenvalue weighted by atomic mass is 16.5. The van der Waals surface area contributed by atoms with Gasteiger partial charge in [0.2, 0.25) is 11.8 Å². The standard InChI is InChI=1S/C14H23N3O2/c1-14(2,3)8-10(9-15)12(18)17-11-6-5-7-16-13(11)19-4/h5-7,10H,8-9,15H2,1-4H3,(H,17,18). The second-order valence-corrected chi connectivity index (χ2v) is 5.75. The van der Waals surface area contributed by atoms with E-state index in [4.69, 9.17) is 10.5 Å². The first-order chi connectivity index (χ1) is 8.87. The molecule has 0 fully saturated rings. The van der Waals surface area contributed by atoms with Crippen LogP contribution in [0.15, 0.2) is 18.3 Å². The fraction of sp³-hybridized carbons (Fsp3) is 0.571. The van der Waals surface area contributed by atoms with Gasteiger partial charge in [-0.1, -0.05) is 20.8 Å². The molecular formula is C14H23N3O2. The zero-order chi connectivity index (χ0) is 14.5. The fourth-order valence-corrected chi connectivity index (χ4v) is 1.91. The second-order valence-electron chi connectivity index (χ2n) is 5.75. The molecule has 0 aromatic carbocycles. The quantitative estimate of drug-likeness (QED) is 0.854. The third-order valence-electron chi connectivity index (χ3n) is 2.74. The Labute approximate surface area is 114 Å². The SMILES string of the molecule is COc1ncccc1NC(=O)C(CN)CC(C)(C)C. The van der Waals surface area contributed by atoms with Crippen LogP contribution >= 0.6 is 0 Å². The highest BCUT2D eigenvalue weighted by Gasteiger charge is 2.24. The minimum absolute atomic E-state index is 0.0560. The second kappa shape index (κ2) is 6.52. The summed E-state index contributed by atoms with van der Waals surface area (Å²) in [5, 5.41) is 2.83. The van der Waals surface area contributed by atoms with Gasteiger partial charge in [-0.05, 0) is 24.0 Å². The molecule has 0 spiro atoms. The van der Waals surface area contributed by atoms with Crippen molar-refractivity contribution >= 4 is 11.6 Å². The summed E-state index contributed by atoms with van der Waals surface area (Å²) in [5.74, 6) is 0.0935. The molecule has 3 N–H and O–H groups in total. The maximum atomic E-state index is 12.2. The molecule has 1 heterocycles. The van der Waals surface area contributed by atoms with Crippen LogP contribution < -0.4 is 15.8 Å². The lowest BCUT2D eigenvalue weighted by Gasteiger charge is -2.24. The molecule has 1 unspecified atom stereocenters. The van der Waals surface area contributed by atoms with Gasteiger partial charge in [-0.15, -0.1) is 0 Å². The first-order valence-electron chi connectivity index (χ1n) is 6.37. The van der Waals surface area contributed by atoms with Gasteiger partial charge in [0.1, 0.15) is 5.69 Å². The highest BCUT2D eigenvalue weighted by Crippen LogP contribution is 2.26. The zero-order valence-corrected chi connectivity index (χ0v) is 12.1. The molecule has 1 rings (SSSR count). The van der Waals surface area contributed by atoms with E-state index in [1.807, 2.05) is 0 Å². The van der Waals surface area contributed by atoms with Crippen molar-refractivity contribution in [1.29, 1.82) is 0 Å². The Kier molecular flexibility index (Phi) is 5.30. The van der Waals surface area contributed by atoms with Crippen LogP contribution in [0.2, 0.25) is 0 Å². The van der Waals surface area contributed by atoms with Gasteiger partial charge < -0.3 is 15.8 Å². The van der Waals surface area contributed by atoms with Crippen molar-refractivity contribution in [1.82, 2.24) is 4.98 Å². The van der Waals surface area contributed by atoms with Gasteiger partial charge in [-0.3, -0.25) is 4.79 Å². The molecule has 19 heavy (non-hydrogen) atoms. The smallest absolute Gasteiger partial charge is 0.237 e. The number of methoxy groups -OCH3 is 1. The molecule has 5 heteroatoms. The molecule has 0 aliphatic rings. The predicted octanol–water partition coefficient (Wildman–Crippen LogP) is 2.04. The number of ether oxygens (including phenoxy) is 1. The van der Waals surface area contributed by atoms with Crippen LogP contribution in [0.5, 0.6) is 5.88 Å². The van der Waals surface area contributed by atoms with Gasteiger partial charge in [0, 0.05) is 12.7 Å². The van der Waals surface area contributed by atoms with E-state index in [0.717, 1.165) is 6.42 Å². The zero-order valence-electron chi connectivity index (χ0n) is 12.1. The number of carbonyl (C=O) groups excluding carboxylic acids is 1. The molecule has 0 aliphatic heterocycles. The molecule has 0 radical (unpaired) electrons. The number of nitrogens with two attached hydrogens (primary N) is 1. The third-order valence-corrected chi connectivity index (χ3v) is 2.74. The topological polar surface area (TPSA) is 77.2 Å². The highest BCUT2D eigenvalue weighted by molar-refractivity contribution is 5.93. The first kappa shape index (κ1) is 15.4. The number of anilines is 1. The normalized spacial score (nSPS) is 12.9. The number of hydrogen-bond acceptors (Lipinski definition) is 4. The predicted molar refractivity (Wildman–Crippen MR) is 76.0 cm³/mol. The van der Waals surface area contributed by atoms with E-state index in [2.05, 4.69) is 31.1 Å². The molecule has 0 saturated heterocycles. The molecule has 0 aliphatic carbocycles. The van der Waals surface area contributed by atoms with E-state index in [1.54, 1.807) is 18.3 Å². The number of hydrogen-bond donors (Lipinski definition) is 2. The van der Waals surface area contributed by atoms with Crippen molar-refractivity contribution in [3.05, 3.63) is 18.3 Å². The molecule has 1 atom stereocenters. The fourth-order valence-electron chi connectivity index (χ4n) is 1.91. The van der Waals surface area contributed by atoms with Crippen molar-refractivity contribution in [2.45, 2.75) is 27.2 Å². The largest absolute Gasteiger partial charge is 0.480 e. The number of carbonyl (C=O) groups is 1. The summed E-state index contributed by atoms with van der Waals surface area (Å²) in [5.41, 5.74) is 6.32. The first-order valence-corrected chi connectivity index (χ1v) is 6.37. The Morgan fingerprint density at radius 2 is 2.21 bits per heavy atom. The van der Waals surface area contributed by atoms with Crippen LogP contribution in [-0.4, -0.2) is 24.5 Å². The van der Waals surface area contributed by atoms with Gasteiger partial charge in [-0.2, -0.15) is 0 Å². The summed E-state index contributed by atoms with van der Waals surface area (Å²) < 4.78 is 5.10. The average molecular weight is 265 g/mol. The summed E-state index contributed by atoms with van der Waals surface area (Å²) in [6, 6.07) is 3.51. The van der Waals surface area contributed by atoms with Gasteiger partial charge >= 0.3 is 0 Å². The number of nitrogens with zero attached hydrogens (tertiary/aromatic N) is 1. The van der Waals surface area contributed by atoms with Crippen LogP contribution in [-0.2, 0) is 4.79 Å². The Morgan fingerprint density at radius 3 is 2.74 bits per heavy atom. The van der Waals surface area contributed by atoms with Gasteiger partial charge in [0.15, 0.2) is 0 Å². The van der Waals surface area contributed by atoms with E-state index >= 15 is 0 Å². The Balaban J connectivity index is 2.77. The Morgan fingerprint density at radius 1 is 1.53 bits per heavy atom. The van der Waals surface area contributed by atoms with Crippen molar-refractivity contribution in [3.8, 4) is 5.88 Å². The van der Waals surface area contributed by atoms with Gasteiger partial charge in [0.05, 0.1) is 13.0 Å². The van der Waals surface area contributed by atoms with Crippen molar-refractivity contribution in [2.24, 2.45) is 17.1 Å². The van der Waals surface area contributed by atoms with Crippen molar-refractivity contribution in [2.75, 3.05) is 19.0 Å². The van der Waals surface area contributed by atoms with Gasteiger partial charge in [0.25, 0.3) is 0 Å². The van der Waals surface area contributed by atoms with Gasteiger partial charge in [-0.25, -0.2) is 4.98 Å². The lowest BCUT2D eigenvalue weighted by molar-refractivity contribution is -0.120. The molecule has 0 bridgehead atoms. The van der Waals surface area contributed by atoms with E-state index in [0.29, 0.717) is 18.1 Å². The minimum Gasteiger partial charge on any atom is -0.480 e. The van der Waals surface area contributed by atoms with Crippen LogP contribution in [0.4, 0.5) is 5.69 Å². The number of pyridine rings is 1. The molecule has 5 nitrogen and oxygen atoms in total. The molecule has 1 amide bonds. The molecule has 0 saturated carbocycles. The Bertz CT molecular complexity index is 427. The lowest BCUT2D eigenvalue weighted by Crippen LogP contribution is -2.32. The molecule has 1 aromatic rings. The summed E-state index contributed by atoms with van der Waals surface area (Å²) in [7, 11) is 1.52. The van der Waals surface area contributed by atoms with Crippen LogP contribution in [0.25, 0.3) is 0 Å². The number of nitrogens with one attached hydrogen (secondary N) is 1. The lowest BCUT2D eigenvalue weighted by atomic mass is 9.84. The van der Waals surface area contributed by atoms with Crippen LogP contribution in [0.1, 0.15) is 27.2 Å². The Hall–Kier alpha value is -1.62. The molecule has 106 valence electrons. The third kappa shape index (κ3) is 4.87. The van der Waals surface area contributed by atoms with E-state index in [-0.39, 0.29) is 17.2 Å². The summed E-state index contributed by atoms with van der Waals surface area (Å²) in [6.45, 7) is 6.60. The maximum absolute atomic E-state index is 12.2. The molecule has 1 aromatic heterocycles. The summed E-state index contributed by atoms with van der Waals surface area (Å²) in [6.07, 6.45) is 2.35. The molecular weight excluding hydrogens is 242 g/mol. The summed E-state index contributed by atoms with van der Waals surface area (Å²) in [4.78, 5) is 16.3. The van der Waals surface area contributed by atoms with Crippen molar-refractivity contribution in [3.63, 3.8) is 0 Å². The monoisotopic (exact) mass is 265 g/mol. The van der Waals surface area contributed by atoms with Crippen LogP contribution in [0, 0.1) is 11.3 Å². The van der Waals surface area contributed by atoms with E-state index in [9.17, 15) is 4.79 Å². The summed E-state index contributed by atoms with van der Waals surface area (Å²) >= 11 is 0. The van der Waals surface area contributed by atoms with Crippen molar-refractivity contribution < 1.29 is 9.53 Å². The minimum atomic E-state index is -0.218. The maximum Gasteiger partial charge on any atom is 0.237 e. The van der Waals surface area contributed by atoms with Crippen LogP contribution in [0.3, 0.4) is 0 Å². The number of amides is 1. The van der Waals surface area contributed by atoms with E-state index < -0.39 is 0 Å². The van der Waals surface area contributed by atoms with E-state index in [1.165, 1.54) is 7.11 Å². The average Bonchev–Trinajstić information content (AvgIpc) is 2.35. The number of rotatable bonds is 5.